The SMILES string of the molecule is CCCCCCC/C=C\C/C=C\C/C=C\CCCCCCCCCCCCCCCCCCC(=O)NC(COP(=O)([O-])OCC[N+](C)(C)C)C(O)/C=C/CC/C=C/CCCCCCCCC. The second-order valence-electron chi connectivity index (χ2n) is 19.9. The van der Waals surface area contributed by atoms with Crippen molar-refractivity contribution in [3.05, 3.63) is 60.8 Å². The number of aliphatic hydroxyl groups excluding tert-OH is 1. The molecule has 0 aliphatic carbocycles. The Labute approximate surface area is 409 Å². The van der Waals surface area contributed by atoms with Crippen molar-refractivity contribution in [3.63, 3.8) is 0 Å². The number of carbonyl (C=O) groups excluding carboxylic acids is 1. The fourth-order valence-electron chi connectivity index (χ4n) is 7.82. The molecular weight excluding hydrogens is 840 g/mol. The molecule has 0 rings (SSSR count). The summed E-state index contributed by atoms with van der Waals surface area (Å²) in [5, 5.41) is 13.8. The smallest absolute Gasteiger partial charge is 0.268 e. The Morgan fingerprint density at radius 1 is 0.530 bits per heavy atom. The maximum absolute atomic E-state index is 12.9. The predicted octanol–water partition coefficient (Wildman–Crippen LogP) is 15.9. The van der Waals surface area contributed by atoms with Gasteiger partial charge in [0.1, 0.15) is 13.2 Å². The fraction of sp³-hybridized carbons (Fsp3) is 0.807. The number of allylic oxidation sites excluding steroid dienone is 9. The van der Waals surface area contributed by atoms with E-state index < -0.39 is 26.6 Å². The number of hydrogen-bond acceptors (Lipinski definition) is 6. The third kappa shape index (κ3) is 50.1. The van der Waals surface area contributed by atoms with E-state index in [0.29, 0.717) is 17.4 Å². The number of carbonyl (C=O) groups is 1. The van der Waals surface area contributed by atoms with Gasteiger partial charge in [0.25, 0.3) is 7.82 Å². The van der Waals surface area contributed by atoms with Crippen LogP contribution in [0.25, 0.3) is 0 Å². The summed E-state index contributed by atoms with van der Waals surface area (Å²) in [6.07, 6.45) is 64.4. The minimum atomic E-state index is -4.60. The highest BCUT2D eigenvalue weighted by Crippen LogP contribution is 2.38. The lowest BCUT2D eigenvalue weighted by atomic mass is 10.0. The molecule has 0 heterocycles. The van der Waals surface area contributed by atoms with Crippen LogP contribution in [0.5, 0.6) is 0 Å². The first-order valence-corrected chi connectivity index (χ1v) is 29.1. The minimum Gasteiger partial charge on any atom is -0.756 e. The first kappa shape index (κ1) is 64.2. The Kier molecular flexibility index (Phi) is 46.9. The molecule has 0 aromatic heterocycles. The van der Waals surface area contributed by atoms with Gasteiger partial charge in [-0.3, -0.25) is 9.36 Å². The van der Waals surface area contributed by atoms with Gasteiger partial charge in [-0.05, 0) is 70.6 Å². The fourth-order valence-corrected chi connectivity index (χ4v) is 8.55. The van der Waals surface area contributed by atoms with Crippen LogP contribution in [0, 0.1) is 0 Å². The number of unbranched alkanes of at least 4 members (excludes halogenated alkanes) is 29. The molecule has 9 heteroatoms. The topological polar surface area (TPSA) is 108 Å². The molecule has 66 heavy (non-hydrogen) atoms. The van der Waals surface area contributed by atoms with Crippen LogP contribution in [0.3, 0.4) is 0 Å². The average Bonchev–Trinajstić information content (AvgIpc) is 3.28. The van der Waals surface area contributed by atoms with E-state index in [0.717, 1.165) is 51.4 Å². The van der Waals surface area contributed by atoms with Gasteiger partial charge in [0.15, 0.2) is 0 Å². The first-order valence-electron chi connectivity index (χ1n) is 27.7. The summed E-state index contributed by atoms with van der Waals surface area (Å²) >= 11 is 0. The standard InChI is InChI=1S/C57H107N2O6P/c1-6-8-10-12-14-16-18-20-21-22-23-24-25-26-27-28-29-30-31-32-33-34-35-36-37-39-41-43-45-47-49-51-57(61)58-55(54-65-66(62,63)64-53-52-59(3,4)5)56(60)50-48-46-44-42-40-38-19-17-15-13-11-9-7-2/h18,20,22-23,25-26,40,42,48,50,55-56,60H,6-17,19,21,24,27-39,41,43-47,49,51-54H2,1-5H3,(H-,58,61,62,63)/b20-18-,23-22-,26-25-,42-40+,50-48+. The van der Waals surface area contributed by atoms with Gasteiger partial charge in [-0.25, -0.2) is 0 Å². The van der Waals surface area contributed by atoms with E-state index in [1.807, 2.05) is 27.2 Å². The first-order chi connectivity index (χ1) is 32.0. The molecule has 386 valence electrons. The quantitative estimate of drug-likeness (QED) is 0.0272. The largest absolute Gasteiger partial charge is 0.756 e. The Morgan fingerprint density at radius 2 is 0.894 bits per heavy atom. The van der Waals surface area contributed by atoms with Crippen LogP contribution in [-0.4, -0.2) is 68.5 Å². The Balaban J connectivity index is 4.10. The molecule has 1 amide bonds. The molecule has 0 aliphatic rings. The molecule has 0 aromatic rings. The van der Waals surface area contributed by atoms with Crippen molar-refractivity contribution >= 4 is 13.7 Å². The van der Waals surface area contributed by atoms with E-state index in [-0.39, 0.29) is 12.5 Å². The van der Waals surface area contributed by atoms with Crippen molar-refractivity contribution in [2.24, 2.45) is 0 Å². The number of aliphatic hydroxyl groups is 1. The van der Waals surface area contributed by atoms with Gasteiger partial charge in [-0.15, -0.1) is 0 Å². The molecule has 8 nitrogen and oxygen atoms in total. The molecule has 0 fully saturated rings. The molecule has 3 atom stereocenters. The summed E-state index contributed by atoms with van der Waals surface area (Å²) in [6.45, 7) is 4.61. The number of likely N-dealkylation sites (N-methyl/N-ethyl adjacent to an activating group) is 1. The maximum atomic E-state index is 12.9. The number of nitrogens with one attached hydrogen (secondary N) is 1. The van der Waals surface area contributed by atoms with Gasteiger partial charge >= 0.3 is 0 Å². The number of nitrogens with zero attached hydrogens (tertiary/aromatic N) is 1. The highest BCUT2D eigenvalue weighted by atomic mass is 31.2. The van der Waals surface area contributed by atoms with Crippen molar-refractivity contribution in [2.75, 3.05) is 40.9 Å². The third-order valence-corrected chi connectivity index (χ3v) is 13.2. The van der Waals surface area contributed by atoms with Gasteiger partial charge in [-0.1, -0.05) is 229 Å². The number of phosphoric ester groups is 1. The molecule has 0 aromatic carbocycles. The van der Waals surface area contributed by atoms with Gasteiger partial charge < -0.3 is 28.8 Å². The Bertz CT molecular complexity index is 1260. The van der Waals surface area contributed by atoms with E-state index in [1.165, 1.54) is 173 Å². The number of rotatable bonds is 50. The minimum absolute atomic E-state index is 0.00732. The van der Waals surface area contributed by atoms with Crippen molar-refractivity contribution in [3.8, 4) is 0 Å². The average molecular weight is 947 g/mol. The second kappa shape index (κ2) is 48.2. The van der Waals surface area contributed by atoms with Crippen LogP contribution < -0.4 is 10.2 Å². The van der Waals surface area contributed by atoms with E-state index in [2.05, 4.69) is 67.8 Å². The van der Waals surface area contributed by atoms with Crippen molar-refractivity contribution in [2.45, 2.75) is 257 Å². The zero-order chi connectivity index (χ0) is 48.5. The molecule has 0 bridgehead atoms. The maximum Gasteiger partial charge on any atom is 0.268 e. The third-order valence-electron chi connectivity index (χ3n) is 12.2. The number of phosphoric acid groups is 1. The van der Waals surface area contributed by atoms with Gasteiger partial charge in [0.2, 0.25) is 5.91 Å². The van der Waals surface area contributed by atoms with Crippen LogP contribution in [0.4, 0.5) is 0 Å². The zero-order valence-electron chi connectivity index (χ0n) is 43.9. The van der Waals surface area contributed by atoms with Crippen LogP contribution in [0.15, 0.2) is 60.8 Å². The van der Waals surface area contributed by atoms with Crippen LogP contribution in [0.2, 0.25) is 0 Å². The van der Waals surface area contributed by atoms with Crippen molar-refractivity contribution in [1.29, 1.82) is 0 Å². The number of quaternary nitrogens is 1. The molecule has 0 spiro atoms. The molecule has 0 saturated carbocycles. The summed E-state index contributed by atoms with van der Waals surface area (Å²) in [4.78, 5) is 25.4. The van der Waals surface area contributed by atoms with E-state index in [1.54, 1.807) is 6.08 Å². The monoisotopic (exact) mass is 947 g/mol. The highest BCUT2D eigenvalue weighted by Gasteiger charge is 2.23. The van der Waals surface area contributed by atoms with Crippen LogP contribution in [-0.2, 0) is 18.4 Å². The molecule has 3 unspecified atom stereocenters. The number of amides is 1. The lowest BCUT2D eigenvalue weighted by Crippen LogP contribution is -2.45. The molecule has 0 radical (unpaired) electrons. The van der Waals surface area contributed by atoms with E-state index in [4.69, 9.17) is 9.05 Å². The lowest BCUT2D eigenvalue weighted by molar-refractivity contribution is -0.870. The van der Waals surface area contributed by atoms with Crippen LogP contribution >= 0.6 is 7.82 Å². The lowest BCUT2D eigenvalue weighted by Gasteiger charge is -2.29. The summed E-state index contributed by atoms with van der Waals surface area (Å²) in [6, 6.07) is -0.904. The van der Waals surface area contributed by atoms with Gasteiger partial charge in [0, 0.05) is 6.42 Å². The van der Waals surface area contributed by atoms with Gasteiger partial charge in [0.05, 0.1) is 39.9 Å². The Hall–Kier alpha value is -1.80. The molecule has 0 aliphatic heterocycles. The molecule has 0 saturated heterocycles. The Morgan fingerprint density at radius 3 is 1.33 bits per heavy atom. The predicted molar refractivity (Wildman–Crippen MR) is 284 cm³/mol. The summed E-state index contributed by atoms with van der Waals surface area (Å²) in [7, 11) is 1.24. The summed E-state index contributed by atoms with van der Waals surface area (Å²) in [5.74, 6) is -0.208. The van der Waals surface area contributed by atoms with E-state index in [9.17, 15) is 19.4 Å². The number of hydrogen-bond donors (Lipinski definition) is 2. The zero-order valence-corrected chi connectivity index (χ0v) is 44.8. The molecular formula is C57H107N2O6P. The summed E-state index contributed by atoms with van der Waals surface area (Å²) in [5.41, 5.74) is 0. The van der Waals surface area contributed by atoms with Gasteiger partial charge in [-0.2, -0.15) is 0 Å². The van der Waals surface area contributed by atoms with Crippen molar-refractivity contribution < 1.29 is 32.9 Å². The van der Waals surface area contributed by atoms with Crippen LogP contribution in [0.1, 0.15) is 245 Å². The molecule has 2 N–H and O–H groups in total. The summed E-state index contributed by atoms with van der Waals surface area (Å²) < 4.78 is 23.3. The second-order valence-corrected chi connectivity index (χ2v) is 21.3. The normalized spacial score (nSPS) is 14.5. The van der Waals surface area contributed by atoms with Crippen molar-refractivity contribution in [1.82, 2.24) is 5.32 Å². The van der Waals surface area contributed by atoms with E-state index >= 15 is 0 Å². The highest BCUT2D eigenvalue weighted by molar-refractivity contribution is 7.45.